The molecule has 2 aromatic carbocycles. The largest absolute Gasteiger partial charge is 0.445 e. The minimum absolute atomic E-state index is 0.0588. The van der Waals surface area contributed by atoms with Crippen molar-refractivity contribution in [3.8, 4) is 11.8 Å². The van der Waals surface area contributed by atoms with Crippen molar-refractivity contribution < 1.29 is 18.7 Å². The molecule has 0 aromatic heterocycles. The second kappa shape index (κ2) is 8.35. The van der Waals surface area contributed by atoms with E-state index in [1.165, 1.54) is 12.1 Å². The van der Waals surface area contributed by atoms with Crippen molar-refractivity contribution in [2.75, 3.05) is 6.54 Å². The molecule has 0 fully saturated rings. The van der Waals surface area contributed by atoms with E-state index in [1.807, 2.05) is 30.3 Å². The SMILES string of the molecule is O=Cc1cc(F)ccc1C#CCNC(=O)OCc1ccccc1. The van der Waals surface area contributed by atoms with E-state index in [4.69, 9.17) is 4.74 Å². The van der Waals surface area contributed by atoms with Gasteiger partial charge >= 0.3 is 6.09 Å². The maximum Gasteiger partial charge on any atom is 0.408 e. The van der Waals surface area contributed by atoms with Crippen LogP contribution in [-0.2, 0) is 11.3 Å². The van der Waals surface area contributed by atoms with E-state index >= 15 is 0 Å². The fourth-order valence-electron chi connectivity index (χ4n) is 1.77. The lowest BCUT2D eigenvalue weighted by molar-refractivity contribution is 0.112. The van der Waals surface area contributed by atoms with E-state index in [0.29, 0.717) is 11.8 Å². The highest BCUT2D eigenvalue weighted by atomic mass is 19.1. The van der Waals surface area contributed by atoms with Crippen LogP contribution in [0.5, 0.6) is 0 Å². The number of halogens is 1. The predicted octanol–water partition coefficient (Wildman–Crippen LogP) is 2.92. The Hall–Kier alpha value is -3.13. The molecule has 0 radical (unpaired) electrons. The van der Waals surface area contributed by atoms with Crippen molar-refractivity contribution in [1.82, 2.24) is 5.32 Å². The number of hydrogen-bond acceptors (Lipinski definition) is 3. The fourth-order valence-corrected chi connectivity index (χ4v) is 1.77. The molecule has 0 aliphatic carbocycles. The first-order valence-corrected chi connectivity index (χ1v) is 6.87. The molecule has 2 aromatic rings. The smallest absolute Gasteiger partial charge is 0.408 e. The molecule has 0 atom stereocenters. The van der Waals surface area contributed by atoms with Gasteiger partial charge in [-0.15, -0.1) is 0 Å². The zero-order chi connectivity index (χ0) is 16.5. The summed E-state index contributed by atoms with van der Waals surface area (Å²) in [6.45, 7) is 0.233. The van der Waals surface area contributed by atoms with Crippen molar-refractivity contribution in [3.05, 3.63) is 71.0 Å². The van der Waals surface area contributed by atoms with Crippen LogP contribution in [0.1, 0.15) is 21.5 Å². The lowest BCUT2D eigenvalue weighted by Gasteiger charge is -2.04. The van der Waals surface area contributed by atoms with Gasteiger partial charge in [-0.25, -0.2) is 9.18 Å². The number of rotatable bonds is 4. The highest BCUT2D eigenvalue weighted by molar-refractivity contribution is 5.79. The van der Waals surface area contributed by atoms with Crippen molar-refractivity contribution in [2.24, 2.45) is 0 Å². The minimum Gasteiger partial charge on any atom is -0.445 e. The summed E-state index contributed by atoms with van der Waals surface area (Å²) in [6.07, 6.45) is -0.0490. The Balaban J connectivity index is 1.81. The molecule has 0 saturated heterocycles. The summed E-state index contributed by atoms with van der Waals surface area (Å²) in [5, 5.41) is 2.47. The van der Waals surface area contributed by atoms with Crippen LogP contribution in [0, 0.1) is 17.7 Å². The number of carbonyl (C=O) groups excluding carboxylic acids is 2. The third-order valence-corrected chi connectivity index (χ3v) is 2.90. The zero-order valence-corrected chi connectivity index (χ0v) is 12.2. The molecule has 0 aliphatic rings. The maximum absolute atomic E-state index is 13.0. The Morgan fingerprint density at radius 2 is 2.00 bits per heavy atom. The first-order chi connectivity index (χ1) is 11.2. The van der Waals surface area contributed by atoms with Crippen LogP contribution in [0.25, 0.3) is 0 Å². The Labute approximate surface area is 133 Å². The van der Waals surface area contributed by atoms with Gasteiger partial charge in [-0.1, -0.05) is 42.2 Å². The second-order valence-corrected chi connectivity index (χ2v) is 4.57. The van der Waals surface area contributed by atoms with Crippen LogP contribution < -0.4 is 5.32 Å². The second-order valence-electron chi connectivity index (χ2n) is 4.57. The average molecular weight is 311 g/mol. The molecule has 0 saturated carbocycles. The van der Waals surface area contributed by atoms with Gasteiger partial charge in [0, 0.05) is 11.1 Å². The molecule has 116 valence electrons. The van der Waals surface area contributed by atoms with Gasteiger partial charge in [-0.3, -0.25) is 4.79 Å². The lowest BCUT2D eigenvalue weighted by atomic mass is 10.1. The van der Waals surface area contributed by atoms with Gasteiger partial charge in [0.2, 0.25) is 0 Å². The van der Waals surface area contributed by atoms with Crippen LogP contribution in [-0.4, -0.2) is 18.9 Å². The van der Waals surface area contributed by atoms with E-state index in [9.17, 15) is 14.0 Å². The number of ether oxygens (including phenoxy) is 1. The number of benzene rings is 2. The van der Waals surface area contributed by atoms with Crippen LogP contribution in [0.2, 0.25) is 0 Å². The zero-order valence-electron chi connectivity index (χ0n) is 12.2. The standard InChI is InChI=1S/C18H14FNO3/c19-17-9-8-15(16(11-17)12-21)7-4-10-20-18(22)23-13-14-5-2-1-3-6-14/h1-3,5-6,8-9,11-12H,10,13H2,(H,20,22). The van der Waals surface area contributed by atoms with Gasteiger partial charge in [0.25, 0.3) is 0 Å². The summed E-state index contributed by atoms with van der Waals surface area (Å²) >= 11 is 0. The Kier molecular flexibility index (Phi) is 5.89. The van der Waals surface area contributed by atoms with E-state index in [0.717, 1.165) is 11.6 Å². The number of amides is 1. The van der Waals surface area contributed by atoms with Crippen molar-refractivity contribution in [2.45, 2.75) is 6.61 Å². The Bertz CT molecular complexity index is 748. The van der Waals surface area contributed by atoms with Crippen LogP contribution in [0.3, 0.4) is 0 Å². The summed E-state index contributed by atoms with van der Waals surface area (Å²) in [6, 6.07) is 13.0. The topological polar surface area (TPSA) is 55.4 Å². The third-order valence-electron chi connectivity index (χ3n) is 2.90. The number of nitrogens with one attached hydrogen (secondary N) is 1. The first-order valence-electron chi connectivity index (χ1n) is 6.87. The fraction of sp³-hybridized carbons (Fsp3) is 0.111. The van der Waals surface area contributed by atoms with Gasteiger partial charge < -0.3 is 10.1 Å². The monoisotopic (exact) mass is 311 g/mol. The molecule has 0 heterocycles. The van der Waals surface area contributed by atoms with Crippen LogP contribution >= 0.6 is 0 Å². The van der Waals surface area contributed by atoms with Crippen LogP contribution in [0.15, 0.2) is 48.5 Å². The van der Waals surface area contributed by atoms with Gasteiger partial charge in [0.05, 0.1) is 6.54 Å². The lowest BCUT2D eigenvalue weighted by Crippen LogP contribution is -2.24. The molecular weight excluding hydrogens is 297 g/mol. The Morgan fingerprint density at radius 3 is 2.74 bits per heavy atom. The highest BCUT2D eigenvalue weighted by Gasteiger charge is 2.02. The molecule has 0 unspecified atom stereocenters. The van der Waals surface area contributed by atoms with Crippen molar-refractivity contribution in [3.63, 3.8) is 0 Å². The quantitative estimate of drug-likeness (QED) is 0.698. The van der Waals surface area contributed by atoms with Crippen LogP contribution in [0.4, 0.5) is 9.18 Å². The molecule has 1 N–H and O–H groups in total. The molecule has 23 heavy (non-hydrogen) atoms. The van der Waals surface area contributed by atoms with Gasteiger partial charge in [-0.2, -0.15) is 0 Å². The Morgan fingerprint density at radius 1 is 1.22 bits per heavy atom. The van der Waals surface area contributed by atoms with E-state index < -0.39 is 11.9 Å². The number of alkyl carbamates (subject to hydrolysis) is 1. The molecule has 4 nitrogen and oxygen atoms in total. The number of aldehydes is 1. The van der Waals surface area contributed by atoms with Gasteiger partial charge in [0.1, 0.15) is 12.4 Å². The summed E-state index contributed by atoms with van der Waals surface area (Å²) in [7, 11) is 0. The molecule has 5 heteroatoms. The van der Waals surface area contributed by atoms with E-state index in [-0.39, 0.29) is 18.7 Å². The number of carbonyl (C=O) groups is 2. The van der Waals surface area contributed by atoms with Gasteiger partial charge in [-0.05, 0) is 23.8 Å². The number of hydrogen-bond donors (Lipinski definition) is 1. The summed E-state index contributed by atoms with van der Waals surface area (Å²) < 4.78 is 18.0. The molecule has 2 rings (SSSR count). The molecule has 0 bridgehead atoms. The highest BCUT2D eigenvalue weighted by Crippen LogP contribution is 2.07. The first kappa shape index (κ1) is 16.2. The molecule has 1 amide bonds. The van der Waals surface area contributed by atoms with Gasteiger partial charge in [0.15, 0.2) is 6.29 Å². The van der Waals surface area contributed by atoms with E-state index in [1.54, 1.807) is 0 Å². The van der Waals surface area contributed by atoms with E-state index in [2.05, 4.69) is 17.2 Å². The molecule has 0 aliphatic heterocycles. The normalized spacial score (nSPS) is 9.43. The predicted molar refractivity (Wildman–Crippen MR) is 83.3 cm³/mol. The maximum atomic E-state index is 13.0. The van der Waals surface area contributed by atoms with Crippen molar-refractivity contribution in [1.29, 1.82) is 0 Å². The third kappa shape index (κ3) is 5.29. The summed E-state index contributed by atoms with van der Waals surface area (Å²) in [5.41, 5.74) is 1.46. The average Bonchev–Trinajstić information content (AvgIpc) is 2.58. The summed E-state index contributed by atoms with van der Waals surface area (Å²) in [4.78, 5) is 22.3. The minimum atomic E-state index is -0.585. The molecule has 0 spiro atoms. The molecular formula is C18H14FNO3. The van der Waals surface area contributed by atoms with Crippen molar-refractivity contribution >= 4 is 12.4 Å². The summed E-state index contributed by atoms with van der Waals surface area (Å²) in [5.74, 6) is 4.88.